The molecular formula is C25H34ClN5. The van der Waals surface area contributed by atoms with E-state index in [2.05, 4.69) is 76.3 Å². The van der Waals surface area contributed by atoms with Gasteiger partial charge in [0.2, 0.25) is 0 Å². The minimum atomic E-state index is -0.160. The van der Waals surface area contributed by atoms with Gasteiger partial charge in [-0.2, -0.15) is 0 Å². The molecule has 3 unspecified atom stereocenters. The van der Waals surface area contributed by atoms with E-state index in [1.807, 2.05) is 6.21 Å². The summed E-state index contributed by atoms with van der Waals surface area (Å²) < 4.78 is 0. The van der Waals surface area contributed by atoms with Gasteiger partial charge in [0.15, 0.2) is 0 Å². The summed E-state index contributed by atoms with van der Waals surface area (Å²) in [6.45, 7) is 6.65. The summed E-state index contributed by atoms with van der Waals surface area (Å²) >= 11 is 6.28. The lowest BCUT2D eigenvalue weighted by Crippen LogP contribution is -2.44. The number of benzene rings is 1. The topological polar surface area (TPSA) is 48.1 Å². The van der Waals surface area contributed by atoms with Crippen molar-refractivity contribution in [2.24, 2.45) is 16.6 Å². The van der Waals surface area contributed by atoms with Crippen LogP contribution in [0.3, 0.4) is 0 Å². The molecule has 0 saturated carbocycles. The van der Waals surface area contributed by atoms with Crippen LogP contribution in [-0.4, -0.2) is 60.8 Å². The number of halogens is 1. The van der Waals surface area contributed by atoms with Crippen molar-refractivity contribution in [2.75, 3.05) is 38.1 Å². The molecule has 1 saturated heterocycles. The van der Waals surface area contributed by atoms with Gasteiger partial charge in [0.05, 0.1) is 6.04 Å². The summed E-state index contributed by atoms with van der Waals surface area (Å²) in [7, 11) is 2.19. The molecule has 0 bridgehead atoms. The van der Waals surface area contributed by atoms with Crippen molar-refractivity contribution in [3.8, 4) is 0 Å². The molecule has 166 valence electrons. The van der Waals surface area contributed by atoms with Crippen molar-refractivity contribution < 1.29 is 0 Å². The Bertz CT molecular complexity index is 864. The number of nitrogens with zero attached hydrogens (tertiary/aromatic N) is 4. The monoisotopic (exact) mass is 439 g/mol. The van der Waals surface area contributed by atoms with Crippen LogP contribution in [0.5, 0.6) is 0 Å². The highest BCUT2D eigenvalue weighted by molar-refractivity contribution is 6.20. The molecule has 4 rings (SSSR count). The lowest BCUT2D eigenvalue weighted by molar-refractivity contribution is 0.313. The Hall–Kier alpha value is -2.24. The molecule has 3 aliphatic rings. The fourth-order valence-corrected chi connectivity index (χ4v) is 4.99. The van der Waals surface area contributed by atoms with E-state index >= 15 is 0 Å². The number of piperazine rings is 1. The van der Waals surface area contributed by atoms with Crippen molar-refractivity contribution in [3.63, 3.8) is 0 Å². The highest BCUT2D eigenvalue weighted by Crippen LogP contribution is 2.34. The SMILES string of the molecule is CCC1C=C(c2ccc(N3CCN(C)CC3)cc2)C=CN1/C(=C\N)C1CC=NC(Cl)C1. The first-order valence-corrected chi connectivity index (χ1v) is 11.8. The molecule has 6 heteroatoms. The van der Waals surface area contributed by atoms with E-state index in [1.165, 1.54) is 16.8 Å². The summed E-state index contributed by atoms with van der Waals surface area (Å²) in [4.78, 5) is 11.5. The number of allylic oxidation sites excluding steroid dienone is 3. The molecule has 31 heavy (non-hydrogen) atoms. The van der Waals surface area contributed by atoms with Crippen molar-refractivity contribution >= 4 is 29.1 Å². The third-order valence-corrected chi connectivity index (χ3v) is 6.95. The van der Waals surface area contributed by atoms with Crippen LogP contribution in [-0.2, 0) is 0 Å². The standard InChI is InChI=1S/C25H34ClN5/c1-3-22-16-20(9-11-31(22)24(18-27)21-8-10-28-25(26)17-21)19-4-6-23(7-5-19)30-14-12-29(2)13-15-30/h4-7,9-11,16,18,21-22,25H,3,8,12-15,17,27H2,1-2H3/b24-18-. The number of anilines is 1. The minimum Gasteiger partial charge on any atom is -0.403 e. The molecule has 2 N–H and O–H groups in total. The van der Waals surface area contributed by atoms with Crippen LogP contribution in [0.1, 0.15) is 31.7 Å². The molecule has 0 spiro atoms. The Morgan fingerprint density at radius 1 is 1.19 bits per heavy atom. The van der Waals surface area contributed by atoms with Crippen LogP contribution in [0, 0.1) is 5.92 Å². The first kappa shape index (κ1) is 22.0. The number of aliphatic imine (C=N–C) groups is 1. The fourth-order valence-electron chi connectivity index (χ4n) is 4.70. The van der Waals surface area contributed by atoms with Gasteiger partial charge in [-0.3, -0.25) is 4.99 Å². The Balaban J connectivity index is 1.48. The minimum absolute atomic E-state index is 0.160. The maximum absolute atomic E-state index is 6.28. The Kier molecular flexibility index (Phi) is 7.03. The van der Waals surface area contributed by atoms with Gasteiger partial charge >= 0.3 is 0 Å². The number of nitrogens with two attached hydrogens (primary N) is 1. The maximum Gasteiger partial charge on any atom is 0.124 e. The summed E-state index contributed by atoms with van der Waals surface area (Å²) in [5, 5.41) is 0. The van der Waals surface area contributed by atoms with E-state index in [0.29, 0.717) is 5.92 Å². The molecule has 1 fully saturated rings. The lowest BCUT2D eigenvalue weighted by atomic mass is 9.92. The first-order chi connectivity index (χ1) is 15.1. The Labute approximate surface area is 191 Å². The Morgan fingerprint density at radius 3 is 2.58 bits per heavy atom. The number of rotatable bonds is 5. The lowest BCUT2D eigenvalue weighted by Gasteiger charge is -2.37. The second-order valence-corrected chi connectivity index (χ2v) is 9.19. The van der Waals surface area contributed by atoms with Gasteiger partial charge in [-0.05, 0) is 55.7 Å². The largest absolute Gasteiger partial charge is 0.403 e. The molecule has 3 heterocycles. The van der Waals surface area contributed by atoms with Crippen LogP contribution in [0.25, 0.3) is 5.57 Å². The second-order valence-electron chi connectivity index (χ2n) is 8.68. The van der Waals surface area contributed by atoms with Gasteiger partial charge < -0.3 is 20.4 Å². The molecule has 0 amide bonds. The third-order valence-electron chi connectivity index (χ3n) is 6.65. The normalized spacial score (nSPS) is 27.5. The summed E-state index contributed by atoms with van der Waals surface area (Å²) in [6, 6.07) is 9.30. The van der Waals surface area contributed by atoms with Crippen LogP contribution in [0.2, 0.25) is 0 Å². The van der Waals surface area contributed by atoms with E-state index in [4.69, 9.17) is 17.3 Å². The van der Waals surface area contributed by atoms with Crippen LogP contribution in [0.4, 0.5) is 5.69 Å². The second kappa shape index (κ2) is 9.92. The molecule has 1 aromatic rings. The molecule has 3 aliphatic heterocycles. The molecule has 0 aromatic heterocycles. The Morgan fingerprint density at radius 2 is 1.94 bits per heavy atom. The zero-order chi connectivity index (χ0) is 21.8. The van der Waals surface area contributed by atoms with E-state index < -0.39 is 0 Å². The van der Waals surface area contributed by atoms with E-state index in [-0.39, 0.29) is 11.5 Å². The molecular weight excluding hydrogens is 406 g/mol. The van der Waals surface area contributed by atoms with E-state index in [0.717, 1.165) is 51.1 Å². The average Bonchev–Trinajstić information content (AvgIpc) is 2.80. The average molecular weight is 440 g/mol. The predicted molar refractivity (Wildman–Crippen MR) is 132 cm³/mol. The molecule has 0 radical (unpaired) electrons. The van der Waals surface area contributed by atoms with Gasteiger partial charge in [-0.1, -0.05) is 36.7 Å². The number of likely N-dealkylation sites (N-methyl/N-ethyl adjacent to an activating group) is 1. The van der Waals surface area contributed by atoms with Crippen molar-refractivity contribution in [2.45, 2.75) is 37.7 Å². The van der Waals surface area contributed by atoms with Crippen LogP contribution >= 0.6 is 11.6 Å². The quantitative estimate of drug-likeness (QED) is 0.549. The fraction of sp³-hybridized carbons (Fsp3) is 0.480. The van der Waals surface area contributed by atoms with Crippen LogP contribution in [0.15, 0.2) is 59.5 Å². The molecule has 5 nitrogen and oxygen atoms in total. The first-order valence-electron chi connectivity index (χ1n) is 11.4. The maximum atomic E-state index is 6.28. The third kappa shape index (κ3) is 4.99. The number of alkyl halides is 1. The smallest absolute Gasteiger partial charge is 0.124 e. The zero-order valence-electron chi connectivity index (χ0n) is 18.6. The van der Waals surface area contributed by atoms with E-state index in [9.17, 15) is 0 Å². The molecule has 1 aromatic carbocycles. The van der Waals surface area contributed by atoms with Gasteiger partial charge in [0.25, 0.3) is 0 Å². The van der Waals surface area contributed by atoms with Crippen LogP contribution < -0.4 is 10.6 Å². The van der Waals surface area contributed by atoms with Crippen molar-refractivity contribution in [1.29, 1.82) is 0 Å². The van der Waals surface area contributed by atoms with Gasteiger partial charge in [-0.25, -0.2) is 0 Å². The zero-order valence-corrected chi connectivity index (χ0v) is 19.4. The number of hydrogen-bond donors (Lipinski definition) is 1. The van der Waals surface area contributed by atoms with Gasteiger partial charge in [0.1, 0.15) is 5.50 Å². The summed E-state index contributed by atoms with van der Waals surface area (Å²) in [6.07, 6.45) is 13.2. The molecule has 3 atom stereocenters. The van der Waals surface area contributed by atoms with E-state index in [1.54, 1.807) is 6.20 Å². The van der Waals surface area contributed by atoms with Gasteiger partial charge in [-0.15, -0.1) is 0 Å². The highest BCUT2D eigenvalue weighted by Gasteiger charge is 2.28. The van der Waals surface area contributed by atoms with Crippen molar-refractivity contribution in [1.82, 2.24) is 9.80 Å². The number of hydrogen-bond acceptors (Lipinski definition) is 5. The predicted octanol–water partition coefficient (Wildman–Crippen LogP) is 4.28. The highest BCUT2D eigenvalue weighted by atomic mass is 35.5. The van der Waals surface area contributed by atoms with Crippen molar-refractivity contribution in [3.05, 3.63) is 60.1 Å². The van der Waals surface area contributed by atoms with Gasteiger partial charge in [0, 0.05) is 62.1 Å². The summed E-state index contributed by atoms with van der Waals surface area (Å²) in [5.74, 6) is 0.307. The molecule has 0 aliphatic carbocycles. The summed E-state index contributed by atoms with van der Waals surface area (Å²) in [5.41, 5.74) is 10.9.